The molecule has 2 aliphatic rings. The van der Waals surface area contributed by atoms with Crippen LogP contribution < -0.4 is 5.32 Å². The van der Waals surface area contributed by atoms with E-state index >= 15 is 0 Å². The number of hydrogen-bond donors (Lipinski definition) is 2. The number of rotatable bonds is 1. The van der Waals surface area contributed by atoms with Crippen molar-refractivity contribution in [1.29, 1.82) is 5.26 Å². The molecule has 4 atom stereocenters. The van der Waals surface area contributed by atoms with Gasteiger partial charge in [0.2, 0.25) is 0 Å². The number of nitrogens with one attached hydrogen (secondary N) is 1. The van der Waals surface area contributed by atoms with Crippen LogP contribution in [0.1, 0.15) is 32.6 Å². The number of nitriles is 1. The second-order valence-corrected chi connectivity index (χ2v) is 5.22. The van der Waals surface area contributed by atoms with Gasteiger partial charge in [-0.15, -0.1) is 0 Å². The number of carboxylic acid groups (broad SMARTS) is 1. The number of fused-ring (bicyclic) bond motifs is 1. The molecule has 15 heavy (non-hydrogen) atoms. The van der Waals surface area contributed by atoms with Crippen LogP contribution in [0.3, 0.4) is 0 Å². The first-order valence-corrected chi connectivity index (χ1v) is 5.43. The van der Waals surface area contributed by atoms with E-state index in [9.17, 15) is 4.79 Å². The standard InChI is InChI=1S/C11H16N2O2/c1-11(13-10(14)15)4-8-2-7(6-12)3-9(8)5-11/h7-9,13H,2-5H2,1H3,(H,14,15)/t7?,8-,9+,11?. The third kappa shape index (κ3) is 1.92. The maximum absolute atomic E-state index is 10.6. The quantitative estimate of drug-likeness (QED) is 0.692. The molecule has 2 aliphatic carbocycles. The minimum atomic E-state index is -0.936. The molecule has 2 fully saturated rings. The second-order valence-electron chi connectivity index (χ2n) is 5.22. The molecule has 4 nitrogen and oxygen atoms in total. The van der Waals surface area contributed by atoms with Gasteiger partial charge in [-0.05, 0) is 44.4 Å². The van der Waals surface area contributed by atoms with Crippen molar-refractivity contribution in [2.24, 2.45) is 17.8 Å². The van der Waals surface area contributed by atoms with E-state index in [1.807, 2.05) is 6.92 Å². The van der Waals surface area contributed by atoms with Gasteiger partial charge in [0.15, 0.2) is 0 Å². The van der Waals surface area contributed by atoms with Gasteiger partial charge in [-0.1, -0.05) is 0 Å². The molecular formula is C11H16N2O2. The van der Waals surface area contributed by atoms with Crippen molar-refractivity contribution in [3.63, 3.8) is 0 Å². The molecule has 4 heteroatoms. The molecule has 0 spiro atoms. The average Bonchev–Trinajstić information content (AvgIpc) is 2.56. The van der Waals surface area contributed by atoms with Crippen LogP contribution >= 0.6 is 0 Å². The molecule has 2 N–H and O–H groups in total. The first-order valence-electron chi connectivity index (χ1n) is 5.43. The fraction of sp³-hybridized carbons (Fsp3) is 0.818. The van der Waals surface area contributed by atoms with Crippen LogP contribution in [0.25, 0.3) is 0 Å². The first kappa shape index (κ1) is 10.3. The summed E-state index contributed by atoms with van der Waals surface area (Å²) < 4.78 is 0. The van der Waals surface area contributed by atoms with E-state index < -0.39 is 6.09 Å². The van der Waals surface area contributed by atoms with Gasteiger partial charge in [0.05, 0.1) is 6.07 Å². The maximum atomic E-state index is 10.6. The summed E-state index contributed by atoms with van der Waals surface area (Å²) in [7, 11) is 0. The molecule has 1 amide bonds. The van der Waals surface area contributed by atoms with Gasteiger partial charge in [-0.2, -0.15) is 5.26 Å². The van der Waals surface area contributed by atoms with Crippen molar-refractivity contribution in [1.82, 2.24) is 5.32 Å². The molecule has 0 heterocycles. The molecular weight excluding hydrogens is 192 g/mol. The Labute approximate surface area is 89.3 Å². The van der Waals surface area contributed by atoms with E-state index in [0.717, 1.165) is 25.7 Å². The van der Waals surface area contributed by atoms with Gasteiger partial charge in [0.25, 0.3) is 0 Å². The summed E-state index contributed by atoms with van der Waals surface area (Å²) in [6.07, 6.45) is 2.76. The number of amides is 1. The molecule has 0 aromatic carbocycles. The highest BCUT2D eigenvalue weighted by Crippen LogP contribution is 2.50. The number of hydrogen-bond acceptors (Lipinski definition) is 2. The predicted molar refractivity (Wildman–Crippen MR) is 54.1 cm³/mol. The van der Waals surface area contributed by atoms with Crippen molar-refractivity contribution < 1.29 is 9.90 Å². The normalized spacial score (nSPS) is 43.3. The Bertz CT molecular complexity index is 307. The molecule has 0 aromatic rings. The van der Waals surface area contributed by atoms with Gasteiger partial charge >= 0.3 is 6.09 Å². The average molecular weight is 208 g/mol. The zero-order chi connectivity index (χ0) is 11.1. The van der Waals surface area contributed by atoms with Crippen molar-refractivity contribution in [2.45, 2.75) is 38.1 Å². The van der Waals surface area contributed by atoms with E-state index in [1.54, 1.807) is 0 Å². The van der Waals surface area contributed by atoms with Gasteiger partial charge in [-0.3, -0.25) is 0 Å². The molecule has 2 saturated carbocycles. The summed E-state index contributed by atoms with van der Waals surface area (Å²) in [6, 6.07) is 2.32. The molecule has 0 saturated heterocycles. The SMILES string of the molecule is CC1(NC(=O)O)C[C@H]2CC(C#N)C[C@H]2C1. The lowest BCUT2D eigenvalue weighted by molar-refractivity contribution is 0.178. The van der Waals surface area contributed by atoms with Gasteiger partial charge < -0.3 is 10.4 Å². The highest BCUT2D eigenvalue weighted by molar-refractivity contribution is 5.65. The van der Waals surface area contributed by atoms with Gasteiger partial charge in [0.1, 0.15) is 0 Å². The van der Waals surface area contributed by atoms with Crippen molar-refractivity contribution in [2.75, 3.05) is 0 Å². The van der Waals surface area contributed by atoms with Crippen LogP contribution in [0, 0.1) is 29.1 Å². The summed E-state index contributed by atoms with van der Waals surface area (Å²) in [6.45, 7) is 1.97. The van der Waals surface area contributed by atoms with Crippen LogP contribution in [0.4, 0.5) is 4.79 Å². The third-order valence-corrected chi connectivity index (χ3v) is 3.86. The topological polar surface area (TPSA) is 73.1 Å². The monoisotopic (exact) mass is 208 g/mol. The largest absolute Gasteiger partial charge is 0.465 e. The summed E-state index contributed by atoms with van der Waals surface area (Å²) >= 11 is 0. The van der Waals surface area contributed by atoms with E-state index in [1.165, 1.54) is 0 Å². The Morgan fingerprint density at radius 2 is 2.00 bits per heavy atom. The highest BCUT2D eigenvalue weighted by atomic mass is 16.4. The summed E-state index contributed by atoms with van der Waals surface area (Å²) in [5.41, 5.74) is -0.262. The van der Waals surface area contributed by atoms with E-state index in [0.29, 0.717) is 11.8 Å². The van der Waals surface area contributed by atoms with E-state index in [-0.39, 0.29) is 11.5 Å². The van der Waals surface area contributed by atoms with Crippen LogP contribution in [0.2, 0.25) is 0 Å². The minimum Gasteiger partial charge on any atom is -0.465 e. The summed E-state index contributed by atoms with van der Waals surface area (Å²) in [4.78, 5) is 10.6. The molecule has 0 aliphatic heterocycles. The Balaban J connectivity index is 1.99. The van der Waals surface area contributed by atoms with Crippen LogP contribution in [-0.2, 0) is 0 Å². The molecule has 82 valence electrons. The lowest BCUT2D eigenvalue weighted by Crippen LogP contribution is -2.43. The smallest absolute Gasteiger partial charge is 0.405 e. The summed E-state index contributed by atoms with van der Waals surface area (Å²) in [5.74, 6) is 1.30. The Hall–Kier alpha value is -1.24. The predicted octanol–water partition coefficient (Wildman–Crippen LogP) is 1.97. The molecule has 2 rings (SSSR count). The number of nitrogens with zero attached hydrogens (tertiary/aromatic N) is 1. The van der Waals surface area contributed by atoms with Crippen molar-refractivity contribution in [3.05, 3.63) is 0 Å². The first-order chi connectivity index (χ1) is 7.02. The zero-order valence-corrected chi connectivity index (χ0v) is 8.86. The van der Waals surface area contributed by atoms with Crippen molar-refractivity contribution in [3.8, 4) is 6.07 Å². The van der Waals surface area contributed by atoms with Gasteiger partial charge in [0, 0.05) is 11.5 Å². The van der Waals surface area contributed by atoms with Crippen LogP contribution in [-0.4, -0.2) is 16.7 Å². The maximum Gasteiger partial charge on any atom is 0.405 e. The van der Waals surface area contributed by atoms with Crippen LogP contribution in [0.15, 0.2) is 0 Å². The lowest BCUT2D eigenvalue weighted by Gasteiger charge is -2.25. The molecule has 0 bridgehead atoms. The molecule has 0 radical (unpaired) electrons. The molecule has 0 aromatic heterocycles. The third-order valence-electron chi connectivity index (χ3n) is 3.86. The van der Waals surface area contributed by atoms with E-state index in [2.05, 4.69) is 11.4 Å². The second kappa shape index (κ2) is 3.41. The Kier molecular flexibility index (Phi) is 2.34. The van der Waals surface area contributed by atoms with Crippen LogP contribution in [0.5, 0.6) is 0 Å². The number of carbonyl (C=O) groups is 1. The van der Waals surface area contributed by atoms with Crippen molar-refractivity contribution >= 4 is 6.09 Å². The molecule has 2 unspecified atom stereocenters. The van der Waals surface area contributed by atoms with E-state index in [4.69, 9.17) is 10.4 Å². The summed E-state index contributed by atoms with van der Waals surface area (Å²) in [5, 5.41) is 20.2. The Morgan fingerprint density at radius 3 is 2.40 bits per heavy atom. The highest BCUT2D eigenvalue weighted by Gasteiger charge is 2.47. The lowest BCUT2D eigenvalue weighted by atomic mass is 9.94. The fourth-order valence-corrected chi connectivity index (χ4v) is 3.42. The Morgan fingerprint density at radius 1 is 1.47 bits per heavy atom. The van der Waals surface area contributed by atoms with Gasteiger partial charge in [-0.25, -0.2) is 4.79 Å². The fourth-order valence-electron chi connectivity index (χ4n) is 3.42. The zero-order valence-electron chi connectivity index (χ0n) is 8.86. The minimum absolute atomic E-state index is 0.203.